The van der Waals surface area contributed by atoms with E-state index in [0.29, 0.717) is 6.61 Å². The van der Waals surface area contributed by atoms with E-state index >= 15 is 0 Å². The quantitative estimate of drug-likeness (QED) is 0.927. The van der Waals surface area contributed by atoms with Crippen LogP contribution in [0.4, 0.5) is 0 Å². The summed E-state index contributed by atoms with van der Waals surface area (Å²) in [5, 5.41) is 3.07. The molecule has 1 aromatic carbocycles. The molecule has 1 amide bonds. The van der Waals surface area contributed by atoms with E-state index < -0.39 is 0 Å². The molecule has 1 aromatic rings. The van der Waals surface area contributed by atoms with Crippen LogP contribution in [0, 0.1) is 0 Å². The van der Waals surface area contributed by atoms with E-state index in [2.05, 4.69) is 28.2 Å². The first-order valence-electron chi connectivity index (χ1n) is 6.38. The molecule has 0 spiro atoms. The fourth-order valence-corrected chi connectivity index (χ4v) is 2.43. The van der Waals surface area contributed by atoms with E-state index in [0.717, 1.165) is 29.3 Å². The van der Waals surface area contributed by atoms with Crippen LogP contribution in [0.25, 0.3) is 0 Å². The molecular formula is C14H18BrNO2. The van der Waals surface area contributed by atoms with Gasteiger partial charge in [-0.1, -0.05) is 35.0 Å². The average Bonchev–Trinajstić information content (AvgIpc) is 2.91. The number of amides is 1. The van der Waals surface area contributed by atoms with Gasteiger partial charge < -0.3 is 10.1 Å². The van der Waals surface area contributed by atoms with Gasteiger partial charge in [0.05, 0.1) is 6.04 Å². The lowest BCUT2D eigenvalue weighted by Crippen LogP contribution is -2.36. The topological polar surface area (TPSA) is 38.3 Å². The zero-order valence-corrected chi connectivity index (χ0v) is 12.1. The fraction of sp³-hybridized carbons (Fsp3) is 0.500. The van der Waals surface area contributed by atoms with Crippen LogP contribution in [0.15, 0.2) is 28.7 Å². The highest BCUT2D eigenvalue weighted by molar-refractivity contribution is 9.10. The van der Waals surface area contributed by atoms with Crippen molar-refractivity contribution in [1.29, 1.82) is 0 Å². The smallest absolute Gasteiger partial charge is 0.249 e. The molecule has 0 aromatic heterocycles. The lowest BCUT2D eigenvalue weighted by molar-refractivity contribution is -0.130. The first kappa shape index (κ1) is 13.6. The highest BCUT2D eigenvalue weighted by Gasteiger charge is 2.25. The maximum Gasteiger partial charge on any atom is 0.249 e. The van der Waals surface area contributed by atoms with Crippen molar-refractivity contribution in [3.05, 3.63) is 34.3 Å². The molecule has 1 aliphatic rings. The minimum absolute atomic E-state index is 0.0160. The molecule has 0 unspecified atom stereocenters. The number of hydrogen-bond acceptors (Lipinski definition) is 2. The molecule has 4 heteroatoms. The Labute approximate surface area is 116 Å². The van der Waals surface area contributed by atoms with E-state index in [1.807, 2.05) is 24.3 Å². The van der Waals surface area contributed by atoms with E-state index in [4.69, 9.17) is 4.74 Å². The van der Waals surface area contributed by atoms with Crippen molar-refractivity contribution in [3.63, 3.8) is 0 Å². The summed E-state index contributed by atoms with van der Waals surface area (Å²) in [6.45, 7) is 2.77. The SMILES string of the molecule is CC[C@H](NC(=O)[C@@H]1CCCO1)c1ccc(Br)cc1. The molecule has 2 rings (SSSR count). The molecule has 18 heavy (non-hydrogen) atoms. The molecule has 2 atom stereocenters. The van der Waals surface area contributed by atoms with Crippen LogP contribution in [0.5, 0.6) is 0 Å². The number of benzene rings is 1. The molecule has 1 aliphatic heterocycles. The van der Waals surface area contributed by atoms with Crippen molar-refractivity contribution in [3.8, 4) is 0 Å². The van der Waals surface area contributed by atoms with Gasteiger partial charge in [0.15, 0.2) is 0 Å². The van der Waals surface area contributed by atoms with E-state index in [1.165, 1.54) is 0 Å². The van der Waals surface area contributed by atoms with Gasteiger partial charge in [-0.2, -0.15) is 0 Å². The van der Waals surface area contributed by atoms with Crippen LogP contribution in [-0.4, -0.2) is 18.6 Å². The van der Waals surface area contributed by atoms with Crippen LogP contribution < -0.4 is 5.32 Å². The number of rotatable bonds is 4. The van der Waals surface area contributed by atoms with Crippen LogP contribution in [0.3, 0.4) is 0 Å². The molecule has 0 saturated carbocycles. The first-order chi connectivity index (χ1) is 8.70. The van der Waals surface area contributed by atoms with Gasteiger partial charge in [-0.15, -0.1) is 0 Å². The van der Waals surface area contributed by atoms with Crippen molar-refractivity contribution >= 4 is 21.8 Å². The van der Waals surface area contributed by atoms with Gasteiger partial charge in [0.1, 0.15) is 6.10 Å². The van der Waals surface area contributed by atoms with Crippen molar-refractivity contribution in [2.75, 3.05) is 6.61 Å². The third-order valence-electron chi connectivity index (χ3n) is 3.22. The number of hydrogen-bond donors (Lipinski definition) is 1. The highest BCUT2D eigenvalue weighted by Crippen LogP contribution is 2.21. The van der Waals surface area contributed by atoms with Gasteiger partial charge in [-0.3, -0.25) is 4.79 Å². The average molecular weight is 312 g/mol. The van der Waals surface area contributed by atoms with Gasteiger partial charge in [-0.25, -0.2) is 0 Å². The molecule has 0 radical (unpaired) electrons. The van der Waals surface area contributed by atoms with Crippen molar-refractivity contribution in [2.24, 2.45) is 0 Å². The van der Waals surface area contributed by atoms with Crippen molar-refractivity contribution in [2.45, 2.75) is 38.3 Å². The summed E-state index contributed by atoms with van der Waals surface area (Å²) in [5.41, 5.74) is 1.13. The second-order valence-corrected chi connectivity index (χ2v) is 5.44. The summed E-state index contributed by atoms with van der Waals surface area (Å²) >= 11 is 3.41. The first-order valence-corrected chi connectivity index (χ1v) is 7.17. The minimum atomic E-state index is -0.255. The molecule has 98 valence electrons. The molecule has 0 aliphatic carbocycles. The summed E-state index contributed by atoms with van der Waals surface area (Å²) in [5.74, 6) is 0.0160. The summed E-state index contributed by atoms with van der Waals surface area (Å²) < 4.78 is 6.44. The summed E-state index contributed by atoms with van der Waals surface area (Å²) in [7, 11) is 0. The second-order valence-electron chi connectivity index (χ2n) is 4.52. The van der Waals surface area contributed by atoms with Gasteiger partial charge in [0.25, 0.3) is 0 Å². The van der Waals surface area contributed by atoms with Gasteiger partial charge in [-0.05, 0) is 37.0 Å². The molecule has 0 bridgehead atoms. The Morgan fingerprint density at radius 1 is 1.50 bits per heavy atom. The van der Waals surface area contributed by atoms with Gasteiger partial charge >= 0.3 is 0 Å². The highest BCUT2D eigenvalue weighted by atomic mass is 79.9. The van der Waals surface area contributed by atoms with Crippen LogP contribution >= 0.6 is 15.9 Å². The summed E-state index contributed by atoms with van der Waals surface area (Å²) in [6.07, 6.45) is 2.44. The Hall–Kier alpha value is -0.870. The summed E-state index contributed by atoms with van der Waals surface area (Å²) in [4.78, 5) is 12.0. The van der Waals surface area contributed by atoms with Crippen molar-refractivity contribution < 1.29 is 9.53 Å². The van der Waals surface area contributed by atoms with Crippen LogP contribution in [0.1, 0.15) is 37.8 Å². The van der Waals surface area contributed by atoms with Gasteiger partial charge in [0, 0.05) is 11.1 Å². The molecule has 1 fully saturated rings. The third kappa shape index (κ3) is 3.33. The monoisotopic (exact) mass is 311 g/mol. The van der Waals surface area contributed by atoms with Gasteiger partial charge in [0.2, 0.25) is 5.91 Å². The Morgan fingerprint density at radius 3 is 2.78 bits per heavy atom. The standard InChI is InChI=1S/C14H18BrNO2/c1-2-12(10-5-7-11(15)8-6-10)16-14(17)13-4-3-9-18-13/h5-8,12-13H,2-4,9H2,1H3,(H,16,17)/t12-,13-/m0/s1. The zero-order chi connectivity index (χ0) is 13.0. The Kier molecular flexibility index (Phi) is 4.78. The molecule has 1 saturated heterocycles. The Balaban J connectivity index is 2.00. The number of halogens is 1. The number of nitrogens with one attached hydrogen (secondary N) is 1. The summed E-state index contributed by atoms with van der Waals surface area (Å²) in [6, 6.07) is 8.13. The molecule has 3 nitrogen and oxygen atoms in total. The lowest BCUT2D eigenvalue weighted by atomic mass is 10.0. The van der Waals surface area contributed by atoms with E-state index in [1.54, 1.807) is 0 Å². The lowest BCUT2D eigenvalue weighted by Gasteiger charge is -2.19. The predicted octanol–water partition coefficient (Wildman–Crippen LogP) is 3.20. The largest absolute Gasteiger partial charge is 0.368 e. The van der Waals surface area contributed by atoms with Crippen LogP contribution in [-0.2, 0) is 9.53 Å². The van der Waals surface area contributed by atoms with E-state index in [9.17, 15) is 4.79 Å². The maximum atomic E-state index is 12.0. The minimum Gasteiger partial charge on any atom is -0.368 e. The Morgan fingerprint density at radius 2 is 2.22 bits per heavy atom. The second kappa shape index (κ2) is 6.34. The zero-order valence-electron chi connectivity index (χ0n) is 10.5. The number of carbonyl (C=O) groups is 1. The number of ether oxygens (including phenoxy) is 1. The fourth-order valence-electron chi connectivity index (χ4n) is 2.17. The predicted molar refractivity (Wildman–Crippen MR) is 74.3 cm³/mol. The van der Waals surface area contributed by atoms with Crippen molar-refractivity contribution in [1.82, 2.24) is 5.32 Å². The van der Waals surface area contributed by atoms with E-state index in [-0.39, 0.29) is 18.1 Å². The number of carbonyl (C=O) groups excluding carboxylic acids is 1. The Bertz CT molecular complexity index is 399. The third-order valence-corrected chi connectivity index (χ3v) is 3.75. The molecule has 1 heterocycles. The van der Waals surface area contributed by atoms with Crippen LogP contribution in [0.2, 0.25) is 0 Å². The molecule has 1 N–H and O–H groups in total. The normalized spacial score (nSPS) is 20.7. The molecular weight excluding hydrogens is 294 g/mol. The maximum absolute atomic E-state index is 12.0.